The summed E-state index contributed by atoms with van der Waals surface area (Å²) < 4.78 is 39.3. The van der Waals surface area contributed by atoms with E-state index in [-0.39, 0.29) is 14.9 Å². The standard InChI is InChI=1S/C17H20N2O7S2/c1-4-25-12-6-11(7-13(8-12)26-5-2)16(21)19-17-18-9-15(27-17)28(22,23)10-14(20)24-3/h6-9H,4-5,10H2,1-3H3,(H,18,19,21). The number of benzene rings is 1. The van der Waals surface area contributed by atoms with Crippen LogP contribution in [-0.2, 0) is 19.4 Å². The molecule has 28 heavy (non-hydrogen) atoms. The van der Waals surface area contributed by atoms with Crippen LogP contribution in [-0.4, -0.2) is 51.4 Å². The lowest BCUT2D eigenvalue weighted by Gasteiger charge is -2.10. The minimum absolute atomic E-state index is 0.0770. The number of hydrogen-bond donors (Lipinski definition) is 1. The molecular formula is C17H20N2O7S2. The Hall–Kier alpha value is -2.66. The second kappa shape index (κ2) is 9.51. The van der Waals surface area contributed by atoms with Crippen LogP contribution in [0.2, 0.25) is 0 Å². The van der Waals surface area contributed by atoms with Gasteiger partial charge >= 0.3 is 5.97 Å². The first kappa shape index (κ1) is 21.6. The van der Waals surface area contributed by atoms with E-state index in [1.807, 2.05) is 13.8 Å². The highest BCUT2D eigenvalue weighted by atomic mass is 32.2. The van der Waals surface area contributed by atoms with Crippen LogP contribution in [0.15, 0.2) is 28.6 Å². The van der Waals surface area contributed by atoms with Crippen LogP contribution in [0.5, 0.6) is 11.5 Å². The highest BCUT2D eigenvalue weighted by Crippen LogP contribution is 2.27. The van der Waals surface area contributed by atoms with E-state index in [2.05, 4.69) is 15.0 Å². The lowest BCUT2D eigenvalue weighted by molar-refractivity contribution is -0.137. The van der Waals surface area contributed by atoms with Crippen molar-refractivity contribution in [3.05, 3.63) is 30.0 Å². The number of anilines is 1. The van der Waals surface area contributed by atoms with E-state index in [4.69, 9.17) is 9.47 Å². The van der Waals surface area contributed by atoms with Gasteiger partial charge in [-0.15, -0.1) is 0 Å². The predicted octanol–water partition coefficient (Wildman–Crippen LogP) is 2.14. The molecule has 9 nitrogen and oxygen atoms in total. The van der Waals surface area contributed by atoms with Gasteiger partial charge in [0.2, 0.25) is 0 Å². The molecule has 1 amide bonds. The van der Waals surface area contributed by atoms with Gasteiger partial charge in [-0.3, -0.25) is 14.9 Å². The zero-order chi connectivity index (χ0) is 20.7. The van der Waals surface area contributed by atoms with Gasteiger partial charge in [0.25, 0.3) is 5.91 Å². The number of sulfone groups is 1. The topological polar surface area (TPSA) is 121 Å². The van der Waals surface area contributed by atoms with Crippen molar-refractivity contribution in [2.75, 3.05) is 31.4 Å². The summed E-state index contributed by atoms with van der Waals surface area (Å²) in [6.45, 7) is 4.48. The summed E-state index contributed by atoms with van der Waals surface area (Å²) >= 11 is 0.743. The van der Waals surface area contributed by atoms with E-state index in [0.717, 1.165) is 24.6 Å². The third-order valence-corrected chi connectivity index (χ3v) is 6.36. The van der Waals surface area contributed by atoms with Crippen molar-refractivity contribution in [3.8, 4) is 11.5 Å². The highest BCUT2D eigenvalue weighted by Gasteiger charge is 2.23. The Morgan fingerprint density at radius 2 is 1.71 bits per heavy atom. The van der Waals surface area contributed by atoms with Crippen molar-refractivity contribution < 1.29 is 32.2 Å². The number of amides is 1. The molecule has 0 aliphatic rings. The van der Waals surface area contributed by atoms with E-state index in [9.17, 15) is 18.0 Å². The monoisotopic (exact) mass is 428 g/mol. The molecule has 0 fully saturated rings. The van der Waals surface area contributed by atoms with E-state index in [0.29, 0.717) is 24.7 Å². The number of esters is 1. The summed E-state index contributed by atoms with van der Waals surface area (Å²) in [5, 5.41) is 2.61. The minimum atomic E-state index is -3.89. The molecule has 1 heterocycles. The van der Waals surface area contributed by atoms with Gasteiger partial charge in [0.05, 0.1) is 26.5 Å². The fourth-order valence-corrected chi connectivity index (χ4v) is 4.37. The SMILES string of the molecule is CCOc1cc(OCC)cc(C(=O)Nc2ncc(S(=O)(=O)CC(=O)OC)s2)c1. The number of methoxy groups -OCH3 is 1. The second-order valence-corrected chi connectivity index (χ2v) is 8.58. The van der Waals surface area contributed by atoms with Gasteiger partial charge in [-0.1, -0.05) is 11.3 Å². The van der Waals surface area contributed by atoms with Crippen LogP contribution >= 0.6 is 11.3 Å². The van der Waals surface area contributed by atoms with Gasteiger partial charge in [-0.05, 0) is 26.0 Å². The van der Waals surface area contributed by atoms with E-state index >= 15 is 0 Å². The van der Waals surface area contributed by atoms with E-state index in [1.54, 1.807) is 18.2 Å². The van der Waals surface area contributed by atoms with Crippen molar-refractivity contribution in [1.29, 1.82) is 0 Å². The van der Waals surface area contributed by atoms with Crippen molar-refractivity contribution in [1.82, 2.24) is 4.98 Å². The van der Waals surface area contributed by atoms with E-state index < -0.39 is 27.5 Å². The van der Waals surface area contributed by atoms with Gasteiger partial charge in [0, 0.05) is 11.6 Å². The van der Waals surface area contributed by atoms with Crippen molar-refractivity contribution in [2.45, 2.75) is 18.1 Å². The first-order valence-corrected chi connectivity index (χ1v) is 10.7. The Kier molecular flexibility index (Phi) is 7.35. The number of hydrogen-bond acceptors (Lipinski definition) is 9. The first-order chi connectivity index (χ1) is 13.3. The molecule has 0 atom stereocenters. The molecule has 0 spiro atoms. The molecule has 2 rings (SSSR count). The normalized spacial score (nSPS) is 11.0. The molecule has 1 N–H and O–H groups in total. The number of nitrogens with one attached hydrogen (secondary N) is 1. The summed E-state index contributed by atoms with van der Waals surface area (Å²) in [6.07, 6.45) is 1.08. The fourth-order valence-electron chi connectivity index (χ4n) is 2.12. The average molecular weight is 428 g/mol. The number of rotatable bonds is 9. The molecule has 152 valence electrons. The summed E-state index contributed by atoms with van der Waals surface area (Å²) in [7, 11) is -2.79. The summed E-state index contributed by atoms with van der Waals surface area (Å²) in [4.78, 5) is 27.7. The summed E-state index contributed by atoms with van der Waals surface area (Å²) in [5.74, 6) is -1.24. The molecular weight excluding hydrogens is 408 g/mol. The number of carbonyl (C=O) groups excluding carboxylic acids is 2. The zero-order valence-corrected chi connectivity index (χ0v) is 17.2. The Morgan fingerprint density at radius 3 is 2.25 bits per heavy atom. The largest absolute Gasteiger partial charge is 0.494 e. The van der Waals surface area contributed by atoms with Gasteiger partial charge in [0.1, 0.15) is 15.7 Å². The molecule has 2 aromatic rings. The van der Waals surface area contributed by atoms with Crippen molar-refractivity contribution >= 4 is 38.2 Å². The molecule has 0 saturated carbocycles. The number of thiazole rings is 1. The third kappa shape index (κ3) is 5.67. The molecule has 1 aromatic heterocycles. The van der Waals surface area contributed by atoms with Crippen LogP contribution in [0.4, 0.5) is 5.13 Å². The molecule has 0 bridgehead atoms. The van der Waals surface area contributed by atoms with Gasteiger partial charge < -0.3 is 14.2 Å². The van der Waals surface area contributed by atoms with Gasteiger partial charge in [0.15, 0.2) is 20.7 Å². The first-order valence-electron chi connectivity index (χ1n) is 8.26. The number of aromatic nitrogens is 1. The molecule has 0 aliphatic carbocycles. The summed E-state index contributed by atoms with van der Waals surface area (Å²) in [5.41, 5.74) is 0.267. The predicted molar refractivity (Wildman–Crippen MR) is 103 cm³/mol. The molecule has 11 heteroatoms. The Bertz CT molecular complexity index is 930. The molecule has 0 unspecified atom stereocenters. The quantitative estimate of drug-likeness (QED) is 0.603. The number of ether oxygens (including phenoxy) is 3. The Labute approximate surface area is 166 Å². The molecule has 0 aliphatic heterocycles. The van der Waals surface area contributed by atoms with Gasteiger partial charge in [-0.25, -0.2) is 13.4 Å². The molecule has 1 aromatic carbocycles. The number of nitrogens with zero attached hydrogens (tertiary/aromatic N) is 1. The molecule has 0 radical (unpaired) electrons. The lowest BCUT2D eigenvalue weighted by atomic mass is 10.2. The smallest absolute Gasteiger partial charge is 0.321 e. The maximum Gasteiger partial charge on any atom is 0.321 e. The Balaban J connectivity index is 2.19. The van der Waals surface area contributed by atoms with Crippen LogP contribution in [0.25, 0.3) is 0 Å². The van der Waals surface area contributed by atoms with E-state index in [1.165, 1.54) is 0 Å². The van der Waals surface area contributed by atoms with Crippen molar-refractivity contribution in [2.24, 2.45) is 0 Å². The van der Waals surface area contributed by atoms with Crippen LogP contribution in [0.3, 0.4) is 0 Å². The third-order valence-electron chi connectivity index (χ3n) is 3.31. The lowest BCUT2D eigenvalue weighted by Crippen LogP contribution is -2.16. The van der Waals surface area contributed by atoms with Crippen LogP contribution in [0.1, 0.15) is 24.2 Å². The molecule has 0 saturated heterocycles. The summed E-state index contributed by atoms with van der Waals surface area (Å²) in [6, 6.07) is 4.76. The maximum atomic E-state index is 12.5. The fraction of sp³-hybridized carbons (Fsp3) is 0.353. The maximum absolute atomic E-state index is 12.5. The second-order valence-electron chi connectivity index (χ2n) is 5.33. The Morgan fingerprint density at radius 1 is 1.11 bits per heavy atom. The van der Waals surface area contributed by atoms with Crippen LogP contribution in [0, 0.1) is 0 Å². The average Bonchev–Trinajstić information content (AvgIpc) is 3.11. The van der Waals surface area contributed by atoms with Crippen LogP contribution < -0.4 is 14.8 Å². The number of carbonyl (C=O) groups is 2. The van der Waals surface area contributed by atoms with Gasteiger partial charge in [-0.2, -0.15) is 0 Å². The van der Waals surface area contributed by atoms with Crippen molar-refractivity contribution in [3.63, 3.8) is 0 Å². The highest BCUT2D eigenvalue weighted by molar-refractivity contribution is 7.94. The zero-order valence-electron chi connectivity index (χ0n) is 15.6. The minimum Gasteiger partial charge on any atom is -0.494 e.